The first-order valence-electron chi connectivity index (χ1n) is 6.47. The molecule has 0 N–H and O–H groups in total. The van der Waals surface area contributed by atoms with Crippen LogP contribution < -0.4 is 15.2 Å². The highest BCUT2D eigenvalue weighted by atomic mass is 16.5. The molecule has 2 aromatic heterocycles. The lowest BCUT2D eigenvalue weighted by Crippen LogP contribution is -2.56. The smallest absolute Gasteiger partial charge is 0.293 e. The SMILES string of the molecule is Cn1ccnc(N2CC(Oc3ccnc(C#N)c3)C2)c1=O. The molecule has 1 fully saturated rings. The van der Waals surface area contributed by atoms with Crippen LogP contribution in [0.2, 0.25) is 0 Å². The van der Waals surface area contributed by atoms with E-state index >= 15 is 0 Å². The molecular formula is C14H13N5O2. The topological polar surface area (TPSA) is 84.0 Å². The van der Waals surface area contributed by atoms with Crippen LogP contribution in [0.15, 0.2) is 35.5 Å². The van der Waals surface area contributed by atoms with Gasteiger partial charge in [0.25, 0.3) is 5.56 Å². The second-order valence-electron chi connectivity index (χ2n) is 4.80. The van der Waals surface area contributed by atoms with Gasteiger partial charge < -0.3 is 14.2 Å². The zero-order chi connectivity index (χ0) is 14.8. The molecule has 0 unspecified atom stereocenters. The standard InChI is InChI=1S/C14H13N5O2/c1-18-5-4-17-13(14(18)20)19-8-12(9-19)21-11-2-3-16-10(6-11)7-15/h2-6,12H,8-9H2,1H3. The van der Waals surface area contributed by atoms with E-state index < -0.39 is 0 Å². The summed E-state index contributed by atoms with van der Waals surface area (Å²) in [5.74, 6) is 1.05. The van der Waals surface area contributed by atoms with Crippen LogP contribution in [-0.2, 0) is 7.05 Å². The second-order valence-corrected chi connectivity index (χ2v) is 4.80. The molecule has 1 saturated heterocycles. The Labute approximate surface area is 121 Å². The van der Waals surface area contributed by atoms with Crippen LogP contribution in [0.4, 0.5) is 5.82 Å². The van der Waals surface area contributed by atoms with Crippen LogP contribution in [0, 0.1) is 11.3 Å². The number of ether oxygens (including phenoxy) is 1. The molecule has 1 aliphatic rings. The Morgan fingerprint density at radius 2 is 2.19 bits per heavy atom. The van der Waals surface area contributed by atoms with Gasteiger partial charge in [-0.2, -0.15) is 5.26 Å². The van der Waals surface area contributed by atoms with Gasteiger partial charge in [0.1, 0.15) is 23.6 Å². The maximum absolute atomic E-state index is 11.9. The largest absolute Gasteiger partial charge is 0.487 e. The van der Waals surface area contributed by atoms with Gasteiger partial charge in [-0.25, -0.2) is 9.97 Å². The van der Waals surface area contributed by atoms with Gasteiger partial charge >= 0.3 is 0 Å². The zero-order valence-electron chi connectivity index (χ0n) is 11.4. The van der Waals surface area contributed by atoms with Gasteiger partial charge in [-0.1, -0.05) is 0 Å². The number of pyridine rings is 1. The molecule has 106 valence electrons. The Hall–Kier alpha value is -2.88. The predicted octanol–water partition coefficient (Wildman–Crippen LogP) is 0.315. The van der Waals surface area contributed by atoms with Crippen molar-refractivity contribution in [1.82, 2.24) is 14.5 Å². The molecule has 0 aliphatic carbocycles. The molecule has 0 bridgehead atoms. The molecule has 0 saturated carbocycles. The van der Waals surface area contributed by atoms with Crippen molar-refractivity contribution in [2.75, 3.05) is 18.0 Å². The molecule has 7 heteroatoms. The van der Waals surface area contributed by atoms with E-state index in [0.29, 0.717) is 30.4 Å². The normalized spacial score (nSPS) is 14.4. The minimum absolute atomic E-state index is 0.0225. The number of hydrogen-bond donors (Lipinski definition) is 0. The van der Waals surface area contributed by atoms with Gasteiger partial charge in [0, 0.05) is 31.7 Å². The maximum atomic E-state index is 11.9. The molecular weight excluding hydrogens is 270 g/mol. The second kappa shape index (κ2) is 5.25. The zero-order valence-corrected chi connectivity index (χ0v) is 11.4. The highest BCUT2D eigenvalue weighted by molar-refractivity contribution is 5.40. The molecule has 0 amide bonds. The average molecular weight is 283 g/mol. The van der Waals surface area contributed by atoms with Crippen molar-refractivity contribution in [3.8, 4) is 11.8 Å². The Kier molecular flexibility index (Phi) is 3.28. The van der Waals surface area contributed by atoms with E-state index in [0.717, 1.165) is 0 Å². The van der Waals surface area contributed by atoms with E-state index in [1.165, 1.54) is 4.57 Å². The third-order valence-electron chi connectivity index (χ3n) is 3.30. The molecule has 7 nitrogen and oxygen atoms in total. The molecule has 1 aliphatic heterocycles. The first-order valence-corrected chi connectivity index (χ1v) is 6.47. The molecule has 3 heterocycles. The molecule has 0 aromatic carbocycles. The van der Waals surface area contributed by atoms with Gasteiger partial charge in [0.05, 0.1) is 13.1 Å². The lowest BCUT2D eigenvalue weighted by atomic mass is 10.1. The van der Waals surface area contributed by atoms with E-state index in [1.807, 2.05) is 11.0 Å². The van der Waals surface area contributed by atoms with Crippen LogP contribution in [0.5, 0.6) is 5.75 Å². The van der Waals surface area contributed by atoms with Crippen LogP contribution in [0.3, 0.4) is 0 Å². The predicted molar refractivity (Wildman–Crippen MR) is 75.1 cm³/mol. The van der Waals surface area contributed by atoms with Gasteiger partial charge in [0.2, 0.25) is 0 Å². The Balaban J connectivity index is 1.65. The highest BCUT2D eigenvalue weighted by Crippen LogP contribution is 2.20. The summed E-state index contributed by atoms with van der Waals surface area (Å²) < 4.78 is 7.24. The van der Waals surface area contributed by atoms with Crippen molar-refractivity contribution in [2.45, 2.75) is 6.10 Å². The fourth-order valence-electron chi connectivity index (χ4n) is 2.13. The lowest BCUT2D eigenvalue weighted by molar-refractivity contribution is 0.166. The summed E-state index contributed by atoms with van der Waals surface area (Å²) in [7, 11) is 1.70. The fourth-order valence-corrected chi connectivity index (χ4v) is 2.13. The van der Waals surface area contributed by atoms with Crippen molar-refractivity contribution < 1.29 is 4.74 Å². The molecule has 21 heavy (non-hydrogen) atoms. The summed E-state index contributed by atoms with van der Waals surface area (Å²) >= 11 is 0. The Morgan fingerprint density at radius 1 is 1.38 bits per heavy atom. The van der Waals surface area contributed by atoms with E-state index in [9.17, 15) is 4.79 Å². The van der Waals surface area contributed by atoms with E-state index in [4.69, 9.17) is 10.00 Å². The molecule has 2 aromatic rings. The van der Waals surface area contributed by atoms with E-state index in [2.05, 4.69) is 9.97 Å². The van der Waals surface area contributed by atoms with Crippen molar-refractivity contribution in [2.24, 2.45) is 7.05 Å². The number of hydrogen-bond acceptors (Lipinski definition) is 6. The third-order valence-corrected chi connectivity index (χ3v) is 3.30. The number of rotatable bonds is 3. The molecule has 3 rings (SSSR count). The summed E-state index contributed by atoms with van der Waals surface area (Å²) in [5.41, 5.74) is 0.203. The lowest BCUT2D eigenvalue weighted by Gasteiger charge is -2.39. The van der Waals surface area contributed by atoms with Gasteiger partial charge in [-0.05, 0) is 6.07 Å². The van der Waals surface area contributed by atoms with Gasteiger partial charge in [0.15, 0.2) is 5.82 Å². The molecule has 0 spiro atoms. The molecule has 0 atom stereocenters. The van der Waals surface area contributed by atoms with Gasteiger partial charge in [-0.15, -0.1) is 0 Å². The third kappa shape index (κ3) is 2.56. The van der Waals surface area contributed by atoms with E-state index in [-0.39, 0.29) is 11.7 Å². The van der Waals surface area contributed by atoms with E-state index in [1.54, 1.807) is 37.8 Å². The van der Waals surface area contributed by atoms with Crippen molar-refractivity contribution >= 4 is 5.82 Å². The maximum Gasteiger partial charge on any atom is 0.293 e. The van der Waals surface area contributed by atoms with Crippen LogP contribution >= 0.6 is 0 Å². The number of aromatic nitrogens is 3. The van der Waals surface area contributed by atoms with Gasteiger partial charge in [-0.3, -0.25) is 4.79 Å². The quantitative estimate of drug-likeness (QED) is 0.806. The molecule has 0 radical (unpaired) electrons. The number of anilines is 1. The summed E-state index contributed by atoms with van der Waals surface area (Å²) in [6.45, 7) is 1.19. The van der Waals surface area contributed by atoms with Crippen LogP contribution in [-0.4, -0.2) is 33.7 Å². The number of nitriles is 1. The van der Waals surface area contributed by atoms with Crippen molar-refractivity contribution in [3.05, 3.63) is 46.8 Å². The minimum Gasteiger partial charge on any atom is -0.487 e. The summed E-state index contributed by atoms with van der Waals surface area (Å²) in [4.78, 5) is 21.8. The fraction of sp³-hybridized carbons (Fsp3) is 0.286. The summed E-state index contributed by atoms with van der Waals surface area (Å²) in [5, 5.41) is 8.79. The summed E-state index contributed by atoms with van der Waals surface area (Å²) in [6.07, 6.45) is 4.75. The first-order chi connectivity index (χ1) is 10.2. The average Bonchev–Trinajstić information content (AvgIpc) is 2.46. The van der Waals surface area contributed by atoms with Crippen LogP contribution in [0.25, 0.3) is 0 Å². The van der Waals surface area contributed by atoms with Crippen molar-refractivity contribution in [1.29, 1.82) is 5.26 Å². The monoisotopic (exact) mass is 283 g/mol. The van der Waals surface area contributed by atoms with Crippen LogP contribution in [0.1, 0.15) is 5.69 Å². The number of nitrogens with zero attached hydrogens (tertiary/aromatic N) is 5. The summed E-state index contributed by atoms with van der Waals surface area (Å²) in [6, 6.07) is 5.28. The number of aryl methyl sites for hydroxylation is 1. The highest BCUT2D eigenvalue weighted by Gasteiger charge is 2.31. The van der Waals surface area contributed by atoms with Crippen molar-refractivity contribution in [3.63, 3.8) is 0 Å². The Morgan fingerprint density at radius 3 is 2.95 bits per heavy atom. The minimum atomic E-state index is -0.119. The Bertz CT molecular complexity index is 758. The first kappa shape index (κ1) is 13.1.